The molecule has 7 nitrogen and oxygen atoms in total. The molecule has 1 aliphatic carbocycles. The van der Waals surface area contributed by atoms with Crippen molar-refractivity contribution < 1.29 is 28.9 Å². The second-order valence-electron chi connectivity index (χ2n) is 8.92. The second kappa shape index (κ2) is 9.77. The minimum atomic E-state index is -0.603. The minimum absolute atomic E-state index is 0.00639. The number of ether oxygens (including phenoxy) is 3. The normalized spacial score (nSPS) is 20.0. The fourth-order valence-electron chi connectivity index (χ4n) is 4.44. The summed E-state index contributed by atoms with van der Waals surface area (Å²) >= 11 is 0. The average molecular weight is 444 g/mol. The molecule has 7 heteroatoms. The maximum Gasteiger partial charge on any atom is 0.336 e. The van der Waals surface area contributed by atoms with Gasteiger partial charge in [0.15, 0.2) is 17.3 Å². The van der Waals surface area contributed by atoms with Crippen molar-refractivity contribution in [1.29, 1.82) is 0 Å². The van der Waals surface area contributed by atoms with Crippen molar-refractivity contribution in [2.75, 3.05) is 26.4 Å². The maximum atomic E-state index is 13.3. The van der Waals surface area contributed by atoms with Crippen molar-refractivity contribution in [2.45, 2.75) is 53.4 Å². The van der Waals surface area contributed by atoms with Crippen LogP contribution in [0, 0.1) is 5.41 Å². The zero-order valence-corrected chi connectivity index (χ0v) is 19.5. The van der Waals surface area contributed by atoms with Gasteiger partial charge in [-0.1, -0.05) is 19.9 Å². The van der Waals surface area contributed by atoms with Crippen molar-refractivity contribution in [2.24, 2.45) is 5.41 Å². The summed E-state index contributed by atoms with van der Waals surface area (Å²) in [5, 5.41) is 13.5. The number of aromatic hydroxyl groups is 1. The van der Waals surface area contributed by atoms with E-state index in [1.807, 2.05) is 20.8 Å². The maximum absolute atomic E-state index is 13.3. The summed E-state index contributed by atoms with van der Waals surface area (Å²) in [5.41, 5.74) is 3.00. The number of Topliss-reactive ketones (excluding diaryl/α,β-unsaturated/α-hetero) is 1. The van der Waals surface area contributed by atoms with Crippen LogP contribution in [-0.2, 0) is 19.1 Å². The van der Waals surface area contributed by atoms with Gasteiger partial charge in [0.1, 0.15) is 6.61 Å². The Kier molecular flexibility index (Phi) is 7.29. The molecule has 0 saturated heterocycles. The van der Waals surface area contributed by atoms with Crippen molar-refractivity contribution in [3.05, 3.63) is 46.3 Å². The van der Waals surface area contributed by atoms with Crippen LogP contribution in [0.25, 0.3) is 0 Å². The number of carbonyl (C=O) groups is 2. The third-order valence-electron chi connectivity index (χ3n) is 5.74. The lowest BCUT2D eigenvalue weighted by atomic mass is 9.68. The Morgan fingerprint density at radius 2 is 1.94 bits per heavy atom. The van der Waals surface area contributed by atoms with Gasteiger partial charge in [-0.2, -0.15) is 0 Å². The molecule has 2 aliphatic rings. The summed E-state index contributed by atoms with van der Waals surface area (Å²) in [7, 11) is 0. The molecule has 0 fully saturated rings. The first-order valence-corrected chi connectivity index (χ1v) is 11.1. The fraction of sp³-hybridized carbons (Fsp3) is 0.520. The van der Waals surface area contributed by atoms with Gasteiger partial charge in [-0.15, -0.1) is 0 Å². The van der Waals surface area contributed by atoms with Crippen molar-refractivity contribution >= 4 is 11.8 Å². The number of dihydropyridines is 1. The Morgan fingerprint density at radius 1 is 1.19 bits per heavy atom. The number of phenols is 1. The highest BCUT2D eigenvalue weighted by molar-refractivity contribution is 6.04. The Morgan fingerprint density at radius 3 is 2.62 bits per heavy atom. The average Bonchev–Trinajstić information content (AvgIpc) is 2.71. The van der Waals surface area contributed by atoms with E-state index in [1.54, 1.807) is 12.1 Å². The SMILES string of the molecule is CCOCCOC(=O)C1=C(C)NC2=C(C(=O)CC(C)(C)C2)C1c1ccc(O)c(OCC)c1. The number of ketones is 1. The van der Waals surface area contributed by atoms with Gasteiger partial charge >= 0.3 is 5.97 Å². The van der Waals surface area contributed by atoms with E-state index >= 15 is 0 Å². The largest absolute Gasteiger partial charge is 0.504 e. The molecule has 0 spiro atoms. The summed E-state index contributed by atoms with van der Waals surface area (Å²) in [4.78, 5) is 26.5. The predicted molar refractivity (Wildman–Crippen MR) is 120 cm³/mol. The molecule has 1 unspecified atom stereocenters. The molecular formula is C25H33NO6. The summed E-state index contributed by atoms with van der Waals surface area (Å²) in [6.07, 6.45) is 1.09. The van der Waals surface area contributed by atoms with E-state index in [1.165, 1.54) is 6.07 Å². The zero-order valence-electron chi connectivity index (χ0n) is 19.5. The summed E-state index contributed by atoms with van der Waals surface area (Å²) < 4.78 is 16.3. The molecule has 1 aliphatic heterocycles. The number of carbonyl (C=O) groups excluding carboxylic acids is 2. The number of hydrogen-bond donors (Lipinski definition) is 2. The first-order valence-electron chi connectivity index (χ1n) is 11.1. The Hall–Kier alpha value is -2.80. The monoisotopic (exact) mass is 443 g/mol. The number of allylic oxidation sites excluding steroid dienone is 3. The first kappa shape index (κ1) is 23.9. The van der Waals surface area contributed by atoms with Crippen LogP contribution >= 0.6 is 0 Å². The number of esters is 1. The van der Waals surface area contributed by atoms with E-state index in [0.29, 0.717) is 60.8 Å². The molecule has 3 rings (SSSR count). The van der Waals surface area contributed by atoms with E-state index in [4.69, 9.17) is 14.2 Å². The minimum Gasteiger partial charge on any atom is -0.504 e. The molecule has 0 aromatic heterocycles. The lowest BCUT2D eigenvalue weighted by Gasteiger charge is -2.39. The van der Waals surface area contributed by atoms with Gasteiger partial charge in [0, 0.05) is 35.9 Å². The van der Waals surface area contributed by atoms with Gasteiger partial charge in [-0.3, -0.25) is 4.79 Å². The van der Waals surface area contributed by atoms with Gasteiger partial charge in [0.25, 0.3) is 0 Å². The number of phenolic OH excluding ortho intramolecular Hbond substituents is 1. The number of rotatable bonds is 8. The summed E-state index contributed by atoms with van der Waals surface area (Å²) in [6, 6.07) is 4.96. The second-order valence-corrected chi connectivity index (χ2v) is 8.92. The lowest BCUT2D eigenvalue weighted by Crippen LogP contribution is -2.38. The van der Waals surface area contributed by atoms with Crippen LogP contribution < -0.4 is 10.1 Å². The molecule has 1 aromatic rings. The smallest absolute Gasteiger partial charge is 0.336 e. The van der Waals surface area contributed by atoms with Crippen LogP contribution in [0.3, 0.4) is 0 Å². The Bertz CT molecular complexity index is 959. The van der Waals surface area contributed by atoms with E-state index in [-0.39, 0.29) is 23.6 Å². The van der Waals surface area contributed by atoms with Gasteiger partial charge in [0.2, 0.25) is 0 Å². The third kappa shape index (κ3) is 4.99. The quantitative estimate of drug-likeness (QED) is 0.464. The van der Waals surface area contributed by atoms with Gasteiger partial charge in [-0.25, -0.2) is 4.79 Å². The molecule has 0 bridgehead atoms. The molecule has 0 amide bonds. The topological polar surface area (TPSA) is 94.1 Å². The van der Waals surface area contributed by atoms with E-state index < -0.39 is 11.9 Å². The van der Waals surface area contributed by atoms with Crippen LogP contribution in [0.1, 0.15) is 58.9 Å². The fourth-order valence-corrected chi connectivity index (χ4v) is 4.44. The molecule has 1 heterocycles. The highest BCUT2D eigenvalue weighted by Crippen LogP contribution is 2.47. The lowest BCUT2D eigenvalue weighted by molar-refractivity contribution is -0.140. The molecule has 2 N–H and O–H groups in total. The van der Waals surface area contributed by atoms with Gasteiger partial charge < -0.3 is 24.6 Å². The van der Waals surface area contributed by atoms with Crippen molar-refractivity contribution in [1.82, 2.24) is 5.32 Å². The Balaban J connectivity index is 2.07. The number of hydrogen-bond acceptors (Lipinski definition) is 7. The summed E-state index contributed by atoms with van der Waals surface area (Å²) in [6.45, 7) is 11.0. The summed E-state index contributed by atoms with van der Waals surface area (Å²) in [5.74, 6) is -0.761. The van der Waals surface area contributed by atoms with E-state index in [2.05, 4.69) is 19.2 Å². The molecule has 1 atom stereocenters. The van der Waals surface area contributed by atoms with Crippen LogP contribution in [0.5, 0.6) is 11.5 Å². The third-order valence-corrected chi connectivity index (χ3v) is 5.74. The molecule has 0 saturated carbocycles. The zero-order chi connectivity index (χ0) is 23.5. The molecule has 32 heavy (non-hydrogen) atoms. The van der Waals surface area contributed by atoms with Crippen LogP contribution in [0.15, 0.2) is 40.7 Å². The van der Waals surface area contributed by atoms with E-state index in [9.17, 15) is 14.7 Å². The van der Waals surface area contributed by atoms with Gasteiger partial charge in [-0.05, 0) is 50.3 Å². The molecule has 0 radical (unpaired) electrons. The highest BCUT2D eigenvalue weighted by Gasteiger charge is 2.43. The standard InChI is InChI=1S/C25H33NO6/c1-6-30-10-11-32-24(29)21-15(3)26-17-13-25(4,5)14-19(28)23(17)22(21)16-8-9-18(27)20(12-16)31-7-2/h8-9,12,22,26-27H,6-7,10-11,13-14H2,1-5H3. The van der Waals surface area contributed by atoms with Crippen LogP contribution in [0.2, 0.25) is 0 Å². The van der Waals surface area contributed by atoms with Crippen LogP contribution in [0.4, 0.5) is 0 Å². The highest BCUT2D eigenvalue weighted by atomic mass is 16.6. The molecule has 1 aromatic carbocycles. The predicted octanol–water partition coefficient (Wildman–Crippen LogP) is 3.97. The number of benzene rings is 1. The van der Waals surface area contributed by atoms with Crippen LogP contribution in [-0.4, -0.2) is 43.3 Å². The first-order chi connectivity index (χ1) is 15.2. The molecule has 174 valence electrons. The van der Waals surface area contributed by atoms with E-state index in [0.717, 1.165) is 5.70 Å². The van der Waals surface area contributed by atoms with Crippen molar-refractivity contribution in [3.63, 3.8) is 0 Å². The van der Waals surface area contributed by atoms with Gasteiger partial charge in [0.05, 0.1) is 18.8 Å². The Labute approximate surface area is 189 Å². The molecular weight excluding hydrogens is 410 g/mol. The number of nitrogens with one attached hydrogen (secondary N) is 1. The van der Waals surface area contributed by atoms with Crippen molar-refractivity contribution in [3.8, 4) is 11.5 Å².